The molecule has 2 nitrogen and oxygen atoms in total. The molecule has 0 saturated carbocycles. The van der Waals surface area contributed by atoms with E-state index in [-0.39, 0.29) is 0 Å². The molecule has 0 saturated heterocycles. The summed E-state index contributed by atoms with van der Waals surface area (Å²) in [5.41, 5.74) is 4.57. The summed E-state index contributed by atoms with van der Waals surface area (Å²) in [5, 5.41) is 3.90. The minimum Gasteiger partial charge on any atom is -0.355 e. The van der Waals surface area contributed by atoms with Crippen LogP contribution in [0.5, 0.6) is 0 Å². The van der Waals surface area contributed by atoms with Gasteiger partial charge in [-0.05, 0) is 35.7 Å². The molecule has 0 radical (unpaired) electrons. The van der Waals surface area contributed by atoms with E-state index >= 15 is 0 Å². The van der Waals surface area contributed by atoms with Gasteiger partial charge in [-0.2, -0.15) is 0 Å². The van der Waals surface area contributed by atoms with Crippen LogP contribution in [0.1, 0.15) is 11.1 Å². The van der Waals surface area contributed by atoms with Crippen LogP contribution in [0.3, 0.4) is 0 Å². The van der Waals surface area contributed by atoms with Crippen LogP contribution in [0.25, 0.3) is 0 Å². The summed E-state index contributed by atoms with van der Waals surface area (Å²) in [7, 11) is 0. The Morgan fingerprint density at radius 2 is 1.67 bits per heavy atom. The lowest BCUT2D eigenvalue weighted by atomic mass is 10.0. The first-order valence-corrected chi connectivity index (χ1v) is 7.19. The zero-order valence-corrected chi connectivity index (χ0v) is 12.2. The van der Waals surface area contributed by atoms with Gasteiger partial charge in [-0.1, -0.05) is 60.1 Å². The fraction of sp³-hybridized carbons (Fsp3) is 0.0556. The Morgan fingerprint density at radius 1 is 0.905 bits per heavy atom. The number of hydrogen-bond acceptors (Lipinski definition) is 2. The molecule has 1 heterocycles. The van der Waals surface area contributed by atoms with Gasteiger partial charge in [0.1, 0.15) is 5.15 Å². The van der Waals surface area contributed by atoms with Crippen LogP contribution < -0.4 is 5.32 Å². The van der Waals surface area contributed by atoms with Gasteiger partial charge in [0.05, 0.1) is 0 Å². The minimum absolute atomic E-state index is 0.487. The Kier molecular flexibility index (Phi) is 4.17. The number of rotatable bonds is 4. The monoisotopic (exact) mass is 294 g/mol. The quantitative estimate of drug-likeness (QED) is 0.680. The van der Waals surface area contributed by atoms with Gasteiger partial charge < -0.3 is 5.32 Å². The molecule has 0 amide bonds. The number of nitrogens with zero attached hydrogens (tertiary/aromatic N) is 1. The Bertz CT molecular complexity index is 726. The van der Waals surface area contributed by atoms with Crippen molar-refractivity contribution in [3.63, 3.8) is 0 Å². The molecule has 0 unspecified atom stereocenters. The van der Waals surface area contributed by atoms with Gasteiger partial charge in [-0.15, -0.1) is 0 Å². The molecule has 0 spiro atoms. The van der Waals surface area contributed by atoms with Gasteiger partial charge in [0.25, 0.3) is 0 Å². The molecular formula is C18H15ClN2. The molecular weight excluding hydrogens is 280 g/mol. The van der Waals surface area contributed by atoms with E-state index in [0.29, 0.717) is 5.15 Å². The number of para-hydroxylation sites is 1. The number of aromatic nitrogens is 1. The average Bonchev–Trinajstić information content (AvgIpc) is 2.50. The van der Waals surface area contributed by atoms with Gasteiger partial charge in [-0.3, -0.25) is 0 Å². The summed E-state index contributed by atoms with van der Waals surface area (Å²) in [5.74, 6) is 0. The standard InChI is InChI=1S/C18H15ClN2/c19-18-13-16(10-11-20-18)21-17-9-5-4-8-15(17)12-14-6-2-1-3-7-14/h1-11,13H,12H2,(H,20,21). The summed E-state index contributed by atoms with van der Waals surface area (Å²) in [6, 6.07) is 22.5. The van der Waals surface area contributed by atoms with Crippen molar-refractivity contribution in [2.45, 2.75) is 6.42 Å². The van der Waals surface area contributed by atoms with Gasteiger partial charge in [0, 0.05) is 17.6 Å². The Labute approximate surface area is 129 Å². The van der Waals surface area contributed by atoms with E-state index in [4.69, 9.17) is 11.6 Å². The first-order valence-electron chi connectivity index (χ1n) is 6.82. The molecule has 1 aromatic heterocycles. The zero-order valence-electron chi connectivity index (χ0n) is 11.5. The minimum atomic E-state index is 0.487. The third-order valence-electron chi connectivity index (χ3n) is 3.26. The molecule has 2 aromatic carbocycles. The summed E-state index contributed by atoms with van der Waals surface area (Å²) in [4.78, 5) is 4.00. The molecule has 0 aliphatic rings. The third-order valence-corrected chi connectivity index (χ3v) is 3.47. The second-order valence-electron chi connectivity index (χ2n) is 4.81. The van der Waals surface area contributed by atoms with E-state index < -0.39 is 0 Å². The highest BCUT2D eigenvalue weighted by Gasteiger charge is 2.04. The average molecular weight is 295 g/mol. The first-order chi connectivity index (χ1) is 10.3. The van der Waals surface area contributed by atoms with Gasteiger partial charge in [0.15, 0.2) is 0 Å². The van der Waals surface area contributed by atoms with Crippen LogP contribution in [-0.2, 0) is 6.42 Å². The van der Waals surface area contributed by atoms with Crippen LogP contribution in [0.4, 0.5) is 11.4 Å². The second kappa shape index (κ2) is 6.42. The van der Waals surface area contributed by atoms with Crippen LogP contribution in [-0.4, -0.2) is 4.98 Å². The normalized spacial score (nSPS) is 10.3. The molecule has 3 heteroatoms. The molecule has 0 atom stereocenters. The molecule has 104 valence electrons. The van der Waals surface area contributed by atoms with Crippen LogP contribution in [0.2, 0.25) is 5.15 Å². The molecule has 0 aliphatic heterocycles. The van der Waals surface area contributed by atoms with Crippen LogP contribution in [0, 0.1) is 0 Å². The van der Waals surface area contributed by atoms with Gasteiger partial charge >= 0.3 is 0 Å². The Balaban J connectivity index is 1.86. The smallest absolute Gasteiger partial charge is 0.131 e. The number of halogens is 1. The topological polar surface area (TPSA) is 24.9 Å². The van der Waals surface area contributed by atoms with Crippen LogP contribution in [0.15, 0.2) is 72.9 Å². The van der Waals surface area contributed by atoms with Crippen molar-refractivity contribution < 1.29 is 0 Å². The maximum Gasteiger partial charge on any atom is 0.131 e. The van der Waals surface area contributed by atoms with E-state index in [0.717, 1.165) is 17.8 Å². The largest absolute Gasteiger partial charge is 0.355 e. The van der Waals surface area contributed by atoms with Crippen molar-refractivity contribution in [2.24, 2.45) is 0 Å². The van der Waals surface area contributed by atoms with Crippen molar-refractivity contribution in [2.75, 3.05) is 5.32 Å². The molecule has 21 heavy (non-hydrogen) atoms. The number of nitrogens with one attached hydrogen (secondary N) is 1. The highest BCUT2D eigenvalue weighted by molar-refractivity contribution is 6.29. The van der Waals surface area contributed by atoms with Crippen molar-refractivity contribution in [3.05, 3.63) is 89.2 Å². The Hall–Kier alpha value is -2.32. The molecule has 1 N–H and O–H groups in total. The lowest BCUT2D eigenvalue weighted by Crippen LogP contribution is -1.97. The zero-order chi connectivity index (χ0) is 14.5. The summed E-state index contributed by atoms with van der Waals surface area (Å²) in [6.07, 6.45) is 2.59. The summed E-state index contributed by atoms with van der Waals surface area (Å²) < 4.78 is 0. The number of anilines is 2. The van der Waals surface area contributed by atoms with E-state index in [9.17, 15) is 0 Å². The number of pyridine rings is 1. The van der Waals surface area contributed by atoms with E-state index in [1.807, 2.05) is 24.3 Å². The molecule has 0 bridgehead atoms. The maximum atomic E-state index is 5.93. The first kappa shape index (κ1) is 13.7. The lowest BCUT2D eigenvalue weighted by molar-refractivity contribution is 1.19. The third kappa shape index (κ3) is 3.61. The van der Waals surface area contributed by atoms with Crippen molar-refractivity contribution in [1.82, 2.24) is 4.98 Å². The number of benzene rings is 2. The van der Waals surface area contributed by atoms with Crippen molar-refractivity contribution in [3.8, 4) is 0 Å². The van der Waals surface area contributed by atoms with Crippen LogP contribution >= 0.6 is 11.6 Å². The molecule has 0 fully saturated rings. The van der Waals surface area contributed by atoms with Gasteiger partial charge in [-0.25, -0.2) is 4.98 Å². The van der Waals surface area contributed by atoms with E-state index in [2.05, 4.69) is 52.8 Å². The predicted molar refractivity (Wildman–Crippen MR) is 88.2 cm³/mol. The fourth-order valence-electron chi connectivity index (χ4n) is 2.25. The van der Waals surface area contributed by atoms with E-state index in [1.165, 1.54) is 11.1 Å². The Morgan fingerprint density at radius 3 is 2.48 bits per heavy atom. The lowest BCUT2D eigenvalue weighted by Gasteiger charge is -2.12. The molecule has 3 rings (SSSR count). The summed E-state index contributed by atoms with van der Waals surface area (Å²) in [6.45, 7) is 0. The van der Waals surface area contributed by atoms with Crippen molar-refractivity contribution in [1.29, 1.82) is 0 Å². The van der Waals surface area contributed by atoms with Gasteiger partial charge in [0.2, 0.25) is 0 Å². The highest BCUT2D eigenvalue weighted by atomic mass is 35.5. The highest BCUT2D eigenvalue weighted by Crippen LogP contribution is 2.24. The predicted octanol–water partition coefficient (Wildman–Crippen LogP) is 5.07. The summed E-state index contributed by atoms with van der Waals surface area (Å²) >= 11 is 5.93. The maximum absolute atomic E-state index is 5.93. The number of hydrogen-bond donors (Lipinski definition) is 1. The van der Waals surface area contributed by atoms with E-state index in [1.54, 1.807) is 6.20 Å². The van der Waals surface area contributed by atoms with Crippen molar-refractivity contribution >= 4 is 23.0 Å². The molecule has 0 aliphatic carbocycles. The second-order valence-corrected chi connectivity index (χ2v) is 5.20. The molecule has 3 aromatic rings. The fourth-order valence-corrected chi connectivity index (χ4v) is 2.42. The SMILES string of the molecule is Clc1cc(Nc2ccccc2Cc2ccccc2)ccn1.